The van der Waals surface area contributed by atoms with Gasteiger partial charge in [0.15, 0.2) is 6.61 Å². The Kier molecular flexibility index (Phi) is 7.42. The number of aryl methyl sites for hydroxylation is 1. The number of aromatic nitrogens is 2. The summed E-state index contributed by atoms with van der Waals surface area (Å²) in [6.07, 6.45) is 1.26. The van der Waals surface area contributed by atoms with Gasteiger partial charge < -0.3 is 15.4 Å². The van der Waals surface area contributed by atoms with Crippen molar-refractivity contribution in [1.82, 2.24) is 15.3 Å². The van der Waals surface area contributed by atoms with Crippen LogP contribution in [0.4, 0.5) is 14.6 Å². The molecule has 0 aliphatic rings. The number of nitrogens with zero attached hydrogens (tertiary/aromatic N) is 2. The number of halogens is 2. The third kappa shape index (κ3) is 7.06. The van der Waals surface area contributed by atoms with Crippen LogP contribution in [0.1, 0.15) is 55.4 Å². The van der Waals surface area contributed by atoms with E-state index in [9.17, 15) is 18.4 Å². The molecule has 0 saturated heterocycles. The van der Waals surface area contributed by atoms with Crippen LogP contribution < -0.4 is 15.4 Å². The lowest BCUT2D eigenvalue weighted by atomic mass is 10.1. The number of hydrogen-bond donors (Lipinski definition) is 2. The van der Waals surface area contributed by atoms with Crippen molar-refractivity contribution >= 4 is 17.6 Å². The molecule has 2 heterocycles. The summed E-state index contributed by atoms with van der Waals surface area (Å²) in [7, 11) is 0. The summed E-state index contributed by atoms with van der Waals surface area (Å²) in [5, 5.41) is 5.59. The zero-order valence-electron chi connectivity index (χ0n) is 17.6. The van der Waals surface area contributed by atoms with Crippen LogP contribution >= 0.6 is 0 Å². The van der Waals surface area contributed by atoms with Crippen LogP contribution in [0.3, 0.4) is 0 Å². The van der Waals surface area contributed by atoms with E-state index < -0.39 is 12.5 Å². The highest BCUT2D eigenvalue weighted by Crippen LogP contribution is 2.19. The van der Waals surface area contributed by atoms with Gasteiger partial charge in [-0.15, -0.1) is 0 Å². The van der Waals surface area contributed by atoms with Crippen LogP contribution in [0.15, 0.2) is 30.5 Å². The molecule has 0 aliphatic heterocycles. The molecule has 2 aromatic rings. The molecule has 30 heavy (non-hydrogen) atoms. The number of hydrogen-bond acceptors (Lipinski definition) is 5. The van der Waals surface area contributed by atoms with Crippen LogP contribution in [0.5, 0.6) is 5.88 Å². The van der Waals surface area contributed by atoms with Crippen molar-refractivity contribution in [1.29, 1.82) is 0 Å². The van der Waals surface area contributed by atoms with Gasteiger partial charge in [0, 0.05) is 30.8 Å². The maximum absolute atomic E-state index is 12.8. The van der Waals surface area contributed by atoms with Crippen LogP contribution in [-0.2, 0) is 4.79 Å². The van der Waals surface area contributed by atoms with Gasteiger partial charge in [0.05, 0.1) is 11.6 Å². The fourth-order valence-corrected chi connectivity index (χ4v) is 2.44. The maximum Gasteiger partial charge on any atom is 0.278 e. The number of rotatable bonds is 8. The Morgan fingerprint density at radius 2 is 1.90 bits per heavy atom. The molecular weight excluding hydrogens is 394 g/mol. The van der Waals surface area contributed by atoms with Gasteiger partial charge in [0.2, 0.25) is 11.8 Å². The van der Waals surface area contributed by atoms with E-state index in [1.54, 1.807) is 33.8 Å². The second-order valence-corrected chi connectivity index (χ2v) is 7.51. The zero-order valence-corrected chi connectivity index (χ0v) is 17.6. The Labute approximate surface area is 174 Å². The molecule has 2 amide bonds. The highest BCUT2D eigenvalue weighted by molar-refractivity contribution is 5.94. The number of pyridine rings is 2. The number of alkyl halides is 2. The summed E-state index contributed by atoms with van der Waals surface area (Å²) in [4.78, 5) is 32.6. The second-order valence-electron chi connectivity index (χ2n) is 7.51. The topological polar surface area (TPSA) is 93.2 Å². The Bertz CT molecular complexity index is 896. The van der Waals surface area contributed by atoms with E-state index in [4.69, 9.17) is 4.74 Å². The lowest BCUT2D eigenvalue weighted by Crippen LogP contribution is -2.27. The molecule has 0 radical (unpaired) electrons. The molecule has 7 nitrogen and oxygen atoms in total. The predicted octanol–water partition coefficient (Wildman–Crippen LogP) is 3.90. The average Bonchev–Trinajstić information content (AvgIpc) is 2.65. The molecule has 0 aliphatic carbocycles. The molecule has 9 heteroatoms. The molecule has 0 bridgehead atoms. The van der Waals surface area contributed by atoms with Crippen LogP contribution in [0.2, 0.25) is 0 Å². The molecule has 2 aromatic heterocycles. The first-order valence-electron chi connectivity index (χ1n) is 9.51. The SMILES string of the molecule is Cc1cc(C(C)NC(=O)c2ccc(OCC(C)(F)F)nc2)cc(NC(=O)C(C)C)n1. The smallest absolute Gasteiger partial charge is 0.278 e. The van der Waals surface area contributed by atoms with E-state index in [0.29, 0.717) is 11.5 Å². The first-order valence-corrected chi connectivity index (χ1v) is 9.51. The van der Waals surface area contributed by atoms with E-state index in [0.717, 1.165) is 12.5 Å². The third-order valence-corrected chi connectivity index (χ3v) is 4.07. The van der Waals surface area contributed by atoms with Gasteiger partial charge in [-0.25, -0.2) is 18.7 Å². The molecule has 1 unspecified atom stereocenters. The number of ether oxygens (including phenoxy) is 1. The quantitative estimate of drug-likeness (QED) is 0.676. The predicted molar refractivity (Wildman–Crippen MR) is 109 cm³/mol. The summed E-state index contributed by atoms with van der Waals surface area (Å²) in [6, 6.07) is 5.96. The third-order valence-electron chi connectivity index (χ3n) is 4.07. The number of anilines is 1. The molecule has 1 atom stereocenters. The highest BCUT2D eigenvalue weighted by atomic mass is 19.3. The van der Waals surface area contributed by atoms with Crippen LogP contribution in [0.25, 0.3) is 0 Å². The van der Waals surface area contributed by atoms with Crippen molar-refractivity contribution in [2.45, 2.75) is 46.6 Å². The summed E-state index contributed by atoms with van der Waals surface area (Å²) < 4.78 is 30.6. The Morgan fingerprint density at radius 1 is 1.20 bits per heavy atom. The van der Waals surface area contributed by atoms with E-state index in [1.165, 1.54) is 18.3 Å². The molecule has 0 spiro atoms. The maximum atomic E-state index is 12.8. The van der Waals surface area contributed by atoms with Gasteiger partial charge in [0.1, 0.15) is 5.82 Å². The fourth-order valence-electron chi connectivity index (χ4n) is 2.44. The molecule has 0 fully saturated rings. The monoisotopic (exact) mass is 420 g/mol. The summed E-state index contributed by atoms with van der Waals surface area (Å²) in [6.45, 7) is 7.12. The van der Waals surface area contributed by atoms with Gasteiger partial charge in [-0.05, 0) is 37.6 Å². The minimum absolute atomic E-state index is 0.0106. The second kappa shape index (κ2) is 9.60. The van der Waals surface area contributed by atoms with E-state index in [2.05, 4.69) is 20.6 Å². The number of carbonyl (C=O) groups is 2. The van der Waals surface area contributed by atoms with Crippen molar-refractivity contribution in [3.8, 4) is 5.88 Å². The lowest BCUT2D eigenvalue weighted by molar-refractivity contribution is -0.118. The fraction of sp³-hybridized carbons (Fsp3) is 0.429. The summed E-state index contributed by atoms with van der Waals surface area (Å²) >= 11 is 0. The molecular formula is C21H26F2N4O3. The largest absolute Gasteiger partial charge is 0.471 e. The minimum Gasteiger partial charge on any atom is -0.471 e. The normalized spacial score (nSPS) is 12.4. The van der Waals surface area contributed by atoms with Gasteiger partial charge >= 0.3 is 0 Å². The first kappa shape index (κ1) is 23.2. The van der Waals surface area contributed by atoms with Crippen molar-refractivity contribution in [2.75, 3.05) is 11.9 Å². The first-order chi connectivity index (χ1) is 13.9. The molecule has 162 valence electrons. The van der Waals surface area contributed by atoms with Crippen molar-refractivity contribution in [2.24, 2.45) is 5.92 Å². The lowest BCUT2D eigenvalue weighted by Gasteiger charge is -2.17. The van der Waals surface area contributed by atoms with Crippen molar-refractivity contribution in [3.63, 3.8) is 0 Å². The number of carbonyl (C=O) groups excluding carboxylic acids is 2. The Hall–Kier alpha value is -3.10. The van der Waals surface area contributed by atoms with Crippen molar-refractivity contribution < 1.29 is 23.1 Å². The van der Waals surface area contributed by atoms with Crippen LogP contribution in [-0.4, -0.2) is 34.3 Å². The van der Waals surface area contributed by atoms with Gasteiger partial charge in [0.25, 0.3) is 11.8 Å². The number of nitrogens with one attached hydrogen (secondary N) is 2. The van der Waals surface area contributed by atoms with Crippen LogP contribution in [0, 0.1) is 12.8 Å². The molecule has 2 rings (SSSR count). The minimum atomic E-state index is -2.97. The van der Waals surface area contributed by atoms with Gasteiger partial charge in [-0.1, -0.05) is 13.8 Å². The summed E-state index contributed by atoms with van der Waals surface area (Å²) in [5.74, 6) is -3.26. The van der Waals surface area contributed by atoms with E-state index in [-0.39, 0.29) is 35.2 Å². The van der Waals surface area contributed by atoms with Gasteiger partial charge in [-0.3, -0.25) is 9.59 Å². The Balaban J connectivity index is 2.04. The molecule has 2 N–H and O–H groups in total. The van der Waals surface area contributed by atoms with E-state index >= 15 is 0 Å². The molecule has 0 saturated carbocycles. The molecule has 0 aromatic carbocycles. The number of amides is 2. The average molecular weight is 420 g/mol. The zero-order chi connectivity index (χ0) is 22.5. The van der Waals surface area contributed by atoms with Gasteiger partial charge in [-0.2, -0.15) is 0 Å². The highest BCUT2D eigenvalue weighted by Gasteiger charge is 2.22. The summed E-state index contributed by atoms with van der Waals surface area (Å²) in [5.41, 5.74) is 1.73. The van der Waals surface area contributed by atoms with Crippen molar-refractivity contribution in [3.05, 3.63) is 47.3 Å². The standard InChI is InChI=1S/C21H26F2N4O3/c1-12(2)19(28)27-17-9-16(8-13(3)25-17)14(4)26-20(29)15-6-7-18(24-10-15)30-11-21(5,22)23/h6-10,12,14H,11H2,1-5H3,(H,26,29)(H,25,27,28). The Morgan fingerprint density at radius 3 is 2.47 bits per heavy atom. The van der Waals surface area contributed by atoms with E-state index in [1.807, 2.05) is 6.07 Å².